The number of hydrogen-bond donors (Lipinski definition) is 1. The van der Waals surface area contributed by atoms with E-state index in [9.17, 15) is 0 Å². The quantitative estimate of drug-likeness (QED) is 0.825. The summed E-state index contributed by atoms with van der Waals surface area (Å²) in [7, 11) is 0. The van der Waals surface area contributed by atoms with Crippen LogP contribution in [0.1, 0.15) is 31.9 Å². The molecular formula is C12H17ClN2O. The van der Waals surface area contributed by atoms with Crippen molar-refractivity contribution in [3.05, 3.63) is 29.0 Å². The van der Waals surface area contributed by atoms with Crippen molar-refractivity contribution in [2.45, 2.75) is 31.8 Å². The molecule has 1 aromatic heterocycles. The zero-order valence-corrected chi connectivity index (χ0v) is 10.4. The molecule has 4 heteroatoms. The number of nitrogens with zero attached hydrogens (tertiary/aromatic N) is 1. The lowest BCUT2D eigenvalue weighted by atomic mass is 9.99. The molecule has 1 aliphatic heterocycles. The van der Waals surface area contributed by atoms with Crippen LogP contribution < -0.4 is 5.32 Å². The second kappa shape index (κ2) is 4.70. The Morgan fingerprint density at radius 1 is 1.56 bits per heavy atom. The molecular weight excluding hydrogens is 224 g/mol. The monoisotopic (exact) mass is 240 g/mol. The summed E-state index contributed by atoms with van der Waals surface area (Å²) in [5.74, 6) is 0. The third kappa shape index (κ3) is 2.73. The highest BCUT2D eigenvalue weighted by Gasteiger charge is 2.30. The molecule has 0 bridgehead atoms. The normalized spacial score (nSPS) is 26.9. The Morgan fingerprint density at radius 2 is 2.38 bits per heavy atom. The Balaban J connectivity index is 2.02. The van der Waals surface area contributed by atoms with Gasteiger partial charge in [-0.15, -0.1) is 0 Å². The molecule has 88 valence electrons. The molecule has 0 saturated carbocycles. The van der Waals surface area contributed by atoms with E-state index in [-0.39, 0.29) is 11.6 Å². The Morgan fingerprint density at radius 3 is 2.94 bits per heavy atom. The van der Waals surface area contributed by atoms with Crippen molar-refractivity contribution in [2.75, 3.05) is 13.2 Å². The van der Waals surface area contributed by atoms with E-state index in [1.54, 1.807) is 0 Å². The number of rotatable bonds is 3. The first-order chi connectivity index (χ1) is 7.59. The van der Waals surface area contributed by atoms with Crippen LogP contribution in [0.25, 0.3) is 0 Å². The Kier molecular flexibility index (Phi) is 3.47. The predicted molar refractivity (Wildman–Crippen MR) is 64.6 cm³/mol. The standard InChI is InChI=1S/C12H17ClN2O/c1-9(10-3-4-11(13)14-7-10)15-12(2)5-6-16-8-12/h3-4,7,9,15H,5-6,8H2,1-2H3. The van der Waals surface area contributed by atoms with Crippen LogP contribution in [-0.2, 0) is 4.74 Å². The SMILES string of the molecule is CC(NC1(C)CCOC1)c1ccc(Cl)nc1. The molecule has 0 aromatic carbocycles. The molecule has 1 N–H and O–H groups in total. The van der Waals surface area contributed by atoms with Gasteiger partial charge < -0.3 is 10.1 Å². The largest absolute Gasteiger partial charge is 0.379 e. The molecule has 0 aliphatic carbocycles. The summed E-state index contributed by atoms with van der Waals surface area (Å²) in [5.41, 5.74) is 1.23. The van der Waals surface area contributed by atoms with E-state index >= 15 is 0 Å². The van der Waals surface area contributed by atoms with Crippen molar-refractivity contribution in [3.63, 3.8) is 0 Å². The van der Waals surface area contributed by atoms with Crippen molar-refractivity contribution < 1.29 is 4.74 Å². The summed E-state index contributed by atoms with van der Waals surface area (Å²) in [5, 5.41) is 4.12. The number of halogens is 1. The van der Waals surface area contributed by atoms with E-state index in [1.165, 1.54) is 0 Å². The molecule has 1 fully saturated rings. The van der Waals surface area contributed by atoms with Gasteiger partial charge in [-0.05, 0) is 31.9 Å². The van der Waals surface area contributed by atoms with Gasteiger partial charge in [-0.3, -0.25) is 0 Å². The number of nitrogens with one attached hydrogen (secondary N) is 1. The highest BCUT2D eigenvalue weighted by molar-refractivity contribution is 6.29. The predicted octanol–water partition coefficient (Wildman–Crippen LogP) is 2.56. The van der Waals surface area contributed by atoms with Crippen LogP contribution in [0.15, 0.2) is 18.3 Å². The van der Waals surface area contributed by atoms with E-state index in [4.69, 9.17) is 16.3 Å². The molecule has 16 heavy (non-hydrogen) atoms. The minimum Gasteiger partial charge on any atom is -0.379 e. The van der Waals surface area contributed by atoms with E-state index in [0.29, 0.717) is 5.15 Å². The lowest BCUT2D eigenvalue weighted by molar-refractivity contribution is 0.167. The van der Waals surface area contributed by atoms with Gasteiger partial charge >= 0.3 is 0 Å². The van der Waals surface area contributed by atoms with Crippen LogP contribution in [0, 0.1) is 0 Å². The Bertz CT molecular complexity index is 347. The lowest BCUT2D eigenvalue weighted by Gasteiger charge is -2.28. The van der Waals surface area contributed by atoms with Gasteiger partial charge in [0.15, 0.2) is 0 Å². The average Bonchev–Trinajstić information content (AvgIpc) is 2.65. The van der Waals surface area contributed by atoms with Crippen LogP contribution in [0.5, 0.6) is 0 Å². The molecule has 2 rings (SSSR count). The molecule has 3 nitrogen and oxygen atoms in total. The molecule has 2 unspecified atom stereocenters. The average molecular weight is 241 g/mol. The van der Waals surface area contributed by atoms with Crippen LogP contribution >= 0.6 is 11.6 Å². The van der Waals surface area contributed by atoms with Gasteiger partial charge in [0.2, 0.25) is 0 Å². The van der Waals surface area contributed by atoms with Crippen molar-refractivity contribution in [3.8, 4) is 0 Å². The molecule has 1 saturated heterocycles. The van der Waals surface area contributed by atoms with Gasteiger partial charge in [-0.2, -0.15) is 0 Å². The zero-order valence-electron chi connectivity index (χ0n) is 9.66. The molecule has 2 heterocycles. The fourth-order valence-electron chi connectivity index (χ4n) is 2.03. The first-order valence-electron chi connectivity index (χ1n) is 5.56. The van der Waals surface area contributed by atoms with Gasteiger partial charge in [0.05, 0.1) is 6.61 Å². The van der Waals surface area contributed by atoms with Gasteiger partial charge in [-0.1, -0.05) is 17.7 Å². The van der Waals surface area contributed by atoms with Crippen molar-refractivity contribution in [2.24, 2.45) is 0 Å². The minimum atomic E-state index is 0.0824. The first kappa shape index (κ1) is 11.8. The third-order valence-corrected chi connectivity index (χ3v) is 3.26. The van der Waals surface area contributed by atoms with Gasteiger partial charge in [0.25, 0.3) is 0 Å². The summed E-state index contributed by atoms with van der Waals surface area (Å²) >= 11 is 5.76. The molecule has 0 spiro atoms. The number of pyridine rings is 1. The van der Waals surface area contributed by atoms with E-state index in [1.807, 2.05) is 18.3 Å². The van der Waals surface area contributed by atoms with Crippen LogP contribution in [0.3, 0.4) is 0 Å². The highest BCUT2D eigenvalue weighted by Crippen LogP contribution is 2.23. The van der Waals surface area contributed by atoms with Gasteiger partial charge in [0, 0.05) is 24.4 Å². The minimum absolute atomic E-state index is 0.0824. The van der Waals surface area contributed by atoms with Crippen molar-refractivity contribution in [1.29, 1.82) is 0 Å². The summed E-state index contributed by atoms with van der Waals surface area (Å²) in [6.45, 7) is 5.95. The van der Waals surface area contributed by atoms with Crippen molar-refractivity contribution in [1.82, 2.24) is 10.3 Å². The zero-order chi connectivity index (χ0) is 11.6. The Labute approximate surface area is 101 Å². The van der Waals surface area contributed by atoms with E-state index in [0.717, 1.165) is 25.2 Å². The van der Waals surface area contributed by atoms with Crippen LogP contribution in [0.4, 0.5) is 0 Å². The molecule has 1 aromatic rings. The molecule has 0 radical (unpaired) electrons. The number of hydrogen-bond acceptors (Lipinski definition) is 3. The molecule has 1 aliphatic rings. The first-order valence-corrected chi connectivity index (χ1v) is 5.94. The maximum Gasteiger partial charge on any atom is 0.129 e. The Hall–Kier alpha value is -0.640. The highest BCUT2D eigenvalue weighted by atomic mass is 35.5. The van der Waals surface area contributed by atoms with Crippen LogP contribution in [0.2, 0.25) is 5.15 Å². The van der Waals surface area contributed by atoms with E-state index < -0.39 is 0 Å². The summed E-state index contributed by atoms with van der Waals surface area (Å²) in [6.07, 6.45) is 2.87. The number of ether oxygens (including phenoxy) is 1. The van der Waals surface area contributed by atoms with Crippen molar-refractivity contribution >= 4 is 11.6 Å². The maximum atomic E-state index is 5.76. The lowest BCUT2D eigenvalue weighted by Crippen LogP contribution is -2.44. The van der Waals surface area contributed by atoms with Crippen LogP contribution in [-0.4, -0.2) is 23.7 Å². The summed E-state index contributed by atoms with van der Waals surface area (Å²) in [4.78, 5) is 4.09. The summed E-state index contributed by atoms with van der Waals surface area (Å²) < 4.78 is 5.42. The second-order valence-corrected chi connectivity index (χ2v) is 5.03. The molecule has 2 atom stereocenters. The maximum absolute atomic E-state index is 5.76. The van der Waals surface area contributed by atoms with Gasteiger partial charge in [0.1, 0.15) is 5.15 Å². The smallest absolute Gasteiger partial charge is 0.129 e. The second-order valence-electron chi connectivity index (χ2n) is 4.64. The third-order valence-electron chi connectivity index (χ3n) is 3.03. The molecule has 0 amide bonds. The number of aromatic nitrogens is 1. The summed E-state index contributed by atoms with van der Waals surface area (Å²) in [6, 6.07) is 4.09. The topological polar surface area (TPSA) is 34.1 Å². The van der Waals surface area contributed by atoms with E-state index in [2.05, 4.69) is 24.1 Å². The fourth-order valence-corrected chi connectivity index (χ4v) is 2.14. The van der Waals surface area contributed by atoms with Gasteiger partial charge in [-0.25, -0.2) is 4.98 Å². The fraction of sp³-hybridized carbons (Fsp3) is 0.583.